The highest BCUT2D eigenvalue weighted by Crippen LogP contribution is 2.16. The molecule has 22 heavy (non-hydrogen) atoms. The molecule has 1 saturated heterocycles. The van der Waals surface area contributed by atoms with E-state index in [0.29, 0.717) is 31.9 Å². The zero-order chi connectivity index (χ0) is 15.2. The van der Waals surface area contributed by atoms with Crippen LogP contribution in [-0.4, -0.2) is 37.3 Å². The van der Waals surface area contributed by atoms with Gasteiger partial charge in [0.15, 0.2) is 0 Å². The Morgan fingerprint density at radius 3 is 2.45 bits per heavy atom. The van der Waals surface area contributed by atoms with Crippen molar-refractivity contribution in [3.05, 3.63) is 71.3 Å². The number of hydroxylamine groups is 2. The fourth-order valence-electron chi connectivity index (χ4n) is 2.49. The fraction of sp³-hybridized carbons (Fsp3) is 0.278. The first-order valence-electron chi connectivity index (χ1n) is 7.50. The molecule has 0 bridgehead atoms. The van der Waals surface area contributed by atoms with Crippen LogP contribution in [0, 0.1) is 0 Å². The number of carbonyl (C=O) groups is 1. The second-order valence-electron chi connectivity index (χ2n) is 5.24. The highest BCUT2D eigenvalue weighted by atomic mass is 16.7. The molecule has 1 heterocycles. The fourth-order valence-corrected chi connectivity index (χ4v) is 2.49. The Balaban J connectivity index is 1.74. The van der Waals surface area contributed by atoms with Crippen molar-refractivity contribution in [3.8, 4) is 0 Å². The smallest absolute Gasteiger partial charge is 0.357 e. The van der Waals surface area contributed by atoms with Crippen LogP contribution in [0.4, 0.5) is 0 Å². The highest BCUT2D eigenvalue weighted by Gasteiger charge is 2.19. The summed E-state index contributed by atoms with van der Waals surface area (Å²) < 4.78 is 5.26. The second kappa shape index (κ2) is 7.20. The van der Waals surface area contributed by atoms with E-state index in [9.17, 15) is 4.79 Å². The molecule has 4 heteroatoms. The third-order valence-corrected chi connectivity index (χ3v) is 3.66. The van der Waals surface area contributed by atoms with Gasteiger partial charge in [-0.25, -0.2) is 4.79 Å². The van der Waals surface area contributed by atoms with Gasteiger partial charge in [0.1, 0.15) is 0 Å². The van der Waals surface area contributed by atoms with E-state index < -0.39 is 0 Å². The lowest BCUT2D eigenvalue weighted by atomic mass is 10.00. The summed E-state index contributed by atoms with van der Waals surface area (Å²) in [5.41, 5.74) is 2.78. The van der Waals surface area contributed by atoms with Crippen LogP contribution in [0.15, 0.2) is 54.6 Å². The van der Waals surface area contributed by atoms with Gasteiger partial charge in [-0.3, -0.25) is 0 Å². The normalized spacial score (nSPS) is 15.5. The van der Waals surface area contributed by atoms with Gasteiger partial charge in [0.25, 0.3) is 0 Å². The lowest BCUT2D eigenvalue weighted by Crippen LogP contribution is -2.38. The summed E-state index contributed by atoms with van der Waals surface area (Å²) in [6, 6.07) is 17.7. The van der Waals surface area contributed by atoms with Crippen molar-refractivity contribution in [1.82, 2.24) is 5.06 Å². The van der Waals surface area contributed by atoms with Crippen molar-refractivity contribution in [2.75, 3.05) is 26.3 Å². The maximum atomic E-state index is 12.4. The molecular weight excluding hydrogens is 278 g/mol. The highest BCUT2D eigenvalue weighted by molar-refractivity contribution is 5.91. The number of carbonyl (C=O) groups excluding carboxylic acids is 1. The molecule has 3 rings (SSSR count). The third kappa shape index (κ3) is 3.72. The summed E-state index contributed by atoms with van der Waals surface area (Å²) in [6.45, 7) is 2.43. The van der Waals surface area contributed by atoms with Crippen LogP contribution in [0.2, 0.25) is 0 Å². The zero-order valence-corrected chi connectivity index (χ0v) is 12.4. The van der Waals surface area contributed by atoms with Gasteiger partial charge in [-0.1, -0.05) is 48.5 Å². The summed E-state index contributed by atoms with van der Waals surface area (Å²) >= 11 is 0. The largest absolute Gasteiger partial charge is 0.379 e. The molecule has 0 N–H and O–H groups in total. The van der Waals surface area contributed by atoms with E-state index in [1.54, 1.807) is 5.06 Å². The van der Waals surface area contributed by atoms with E-state index in [1.807, 2.05) is 42.5 Å². The van der Waals surface area contributed by atoms with Crippen LogP contribution in [0.3, 0.4) is 0 Å². The summed E-state index contributed by atoms with van der Waals surface area (Å²) in [7, 11) is 0. The van der Waals surface area contributed by atoms with Crippen molar-refractivity contribution in [2.24, 2.45) is 0 Å². The Labute approximate surface area is 130 Å². The van der Waals surface area contributed by atoms with Crippen molar-refractivity contribution in [1.29, 1.82) is 0 Å². The number of ether oxygens (including phenoxy) is 1. The standard InChI is InChI=1S/C18H19NO3/c20-18(22-19-10-12-21-13-11-19)17-9-5-4-8-16(17)14-15-6-2-1-3-7-15/h1-9H,10-14H2. The van der Waals surface area contributed by atoms with Crippen LogP contribution in [0.5, 0.6) is 0 Å². The molecular formula is C18H19NO3. The molecule has 1 aliphatic rings. The molecule has 0 aliphatic carbocycles. The van der Waals surface area contributed by atoms with E-state index in [-0.39, 0.29) is 5.97 Å². The number of nitrogens with zero attached hydrogens (tertiary/aromatic N) is 1. The molecule has 1 fully saturated rings. The van der Waals surface area contributed by atoms with E-state index in [4.69, 9.17) is 9.57 Å². The summed E-state index contributed by atoms with van der Waals surface area (Å²) in [6.07, 6.45) is 0.717. The molecule has 114 valence electrons. The minimum atomic E-state index is -0.298. The quantitative estimate of drug-likeness (QED) is 0.870. The molecule has 0 spiro atoms. The number of morpholine rings is 1. The number of hydrogen-bond acceptors (Lipinski definition) is 4. The topological polar surface area (TPSA) is 38.8 Å². The van der Waals surface area contributed by atoms with E-state index in [0.717, 1.165) is 12.0 Å². The van der Waals surface area contributed by atoms with Crippen molar-refractivity contribution in [3.63, 3.8) is 0 Å². The van der Waals surface area contributed by atoms with Gasteiger partial charge in [0, 0.05) is 0 Å². The SMILES string of the molecule is O=C(ON1CCOCC1)c1ccccc1Cc1ccccc1. The lowest BCUT2D eigenvalue weighted by molar-refractivity contribution is -0.150. The average molecular weight is 297 g/mol. The molecule has 0 amide bonds. The molecule has 0 unspecified atom stereocenters. The van der Waals surface area contributed by atoms with Crippen LogP contribution < -0.4 is 0 Å². The van der Waals surface area contributed by atoms with Crippen LogP contribution in [0.1, 0.15) is 21.5 Å². The molecule has 0 saturated carbocycles. The Kier molecular flexibility index (Phi) is 4.83. The Bertz CT molecular complexity index is 621. The molecule has 0 atom stereocenters. The number of rotatable bonds is 4. The molecule has 0 aromatic heterocycles. The van der Waals surface area contributed by atoms with Crippen LogP contribution in [-0.2, 0) is 16.0 Å². The Hall–Kier alpha value is -2.17. The number of hydrogen-bond donors (Lipinski definition) is 0. The first-order valence-corrected chi connectivity index (χ1v) is 7.50. The lowest BCUT2D eigenvalue weighted by Gasteiger charge is -2.25. The Morgan fingerprint density at radius 1 is 1.00 bits per heavy atom. The molecule has 2 aromatic carbocycles. The summed E-state index contributed by atoms with van der Waals surface area (Å²) in [5, 5.41) is 1.67. The van der Waals surface area contributed by atoms with Crippen molar-refractivity contribution in [2.45, 2.75) is 6.42 Å². The summed E-state index contributed by atoms with van der Waals surface area (Å²) in [4.78, 5) is 17.9. The predicted octanol–water partition coefficient (Wildman–Crippen LogP) is 2.68. The average Bonchev–Trinajstić information content (AvgIpc) is 2.57. The zero-order valence-electron chi connectivity index (χ0n) is 12.4. The minimum absolute atomic E-state index is 0.298. The summed E-state index contributed by atoms with van der Waals surface area (Å²) in [5.74, 6) is -0.298. The van der Waals surface area contributed by atoms with Crippen LogP contribution in [0.25, 0.3) is 0 Å². The van der Waals surface area contributed by atoms with Crippen LogP contribution >= 0.6 is 0 Å². The van der Waals surface area contributed by atoms with Gasteiger partial charge < -0.3 is 9.57 Å². The monoisotopic (exact) mass is 297 g/mol. The van der Waals surface area contributed by atoms with E-state index in [1.165, 1.54) is 5.56 Å². The van der Waals surface area contributed by atoms with Crippen molar-refractivity contribution >= 4 is 5.97 Å². The first-order chi connectivity index (χ1) is 10.8. The maximum absolute atomic E-state index is 12.4. The maximum Gasteiger partial charge on any atom is 0.357 e. The predicted molar refractivity (Wildman–Crippen MR) is 83.5 cm³/mol. The molecule has 0 radical (unpaired) electrons. The number of benzene rings is 2. The van der Waals surface area contributed by atoms with Gasteiger partial charge in [-0.15, -0.1) is 5.06 Å². The minimum Gasteiger partial charge on any atom is -0.379 e. The third-order valence-electron chi connectivity index (χ3n) is 3.66. The van der Waals surface area contributed by atoms with E-state index in [2.05, 4.69) is 12.1 Å². The van der Waals surface area contributed by atoms with Gasteiger partial charge in [-0.2, -0.15) is 0 Å². The van der Waals surface area contributed by atoms with Crippen molar-refractivity contribution < 1.29 is 14.4 Å². The molecule has 1 aliphatic heterocycles. The molecule has 2 aromatic rings. The van der Waals surface area contributed by atoms with Gasteiger partial charge in [0.2, 0.25) is 0 Å². The van der Waals surface area contributed by atoms with Gasteiger partial charge in [-0.05, 0) is 23.6 Å². The molecule has 4 nitrogen and oxygen atoms in total. The first kappa shape index (κ1) is 14.8. The Morgan fingerprint density at radius 2 is 1.68 bits per heavy atom. The van der Waals surface area contributed by atoms with Gasteiger partial charge >= 0.3 is 5.97 Å². The van der Waals surface area contributed by atoms with Gasteiger partial charge in [0.05, 0.1) is 31.9 Å². The van der Waals surface area contributed by atoms with E-state index >= 15 is 0 Å². The second-order valence-corrected chi connectivity index (χ2v) is 5.24.